The van der Waals surface area contributed by atoms with Crippen molar-refractivity contribution in [3.63, 3.8) is 0 Å². The zero-order valence-electron chi connectivity index (χ0n) is 11.9. The molecule has 2 rings (SSSR count). The molecule has 21 heavy (non-hydrogen) atoms. The molecule has 0 unspecified atom stereocenters. The highest BCUT2D eigenvalue weighted by atomic mass is 16.5. The van der Waals surface area contributed by atoms with Crippen LogP contribution in [0.5, 0.6) is 5.75 Å². The first-order valence-electron chi connectivity index (χ1n) is 6.79. The Hall–Kier alpha value is -2.56. The van der Waals surface area contributed by atoms with Crippen LogP contribution < -0.4 is 10.5 Å². The maximum Gasteiger partial charge on any atom is 0.344 e. The predicted octanol–water partition coefficient (Wildman–Crippen LogP) is 2.46. The highest BCUT2D eigenvalue weighted by Crippen LogP contribution is 2.25. The molecule has 0 fully saturated rings. The molecule has 1 heterocycles. The van der Waals surface area contributed by atoms with Crippen LogP contribution in [-0.4, -0.2) is 24.2 Å². The van der Waals surface area contributed by atoms with Crippen LogP contribution in [0.1, 0.15) is 22.8 Å². The fourth-order valence-corrected chi connectivity index (χ4v) is 1.93. The lowest BCUT2D eigenvalue weighted by Gasteiger charge is -2.12. The highest BCUT2D eigenvalue weighted by molar-refractivity contribution is 5.98. The van der Waals surface area contributed by atoms with Gasteiger partial charge in [0.15, 0.2) is 0 Å². The fraction of sp³-hybridized carbons (Fsp3) is 0.250. The Balaban J connectivity index is 2.00. The van der Waals surface area contributed by atoms with Crippen molar-refractivity contribution in [1.29, 1.82) is 0 Å². The molecule has 1 aromatic carbocycles. The number of esters is 1. The SMILES string of the molecule is CCOc1cccc(N)c1C(=O)OCCc1ccncc1. The van der Waals surface area contributed by atoms with Gasteiger partial charge < -0.3 is 15.2 Å². The van der Waals surface area contributed by atoms with E-state index in [0.717, 1.165) is 5.56 Å². The number of carbonyl (C=O) groups excluding carboxylic acids is 1. The normalized spacial score (nSPS) is 10.1. The third-order valence-electron chi connectivity index (χ3n) is 2.94. The Bertz CT molecular complexity index is 600. The van der Waals surface area contributed by atoms with E-state index in [-0.39, 0.29) is 12.2 Å². The zero-order valence-corrected chi connectivity index (χ0v) is 11.9. The van der Waals surface area contributed by atoms with Gasteiger partial charge in [-0.3, -0.25) is 4.98 Å². The molecule has 0 amide bonds. The summed E-state index contributed by atoms with van der Waals surface area (Å²) in [5.74, 6) is -0.0167. The molecule has 0 aliphatic heterocycles. The lowest BCUT2D eigenvalue weighted by Crippen LogP contribution is -2.12. The van der Waals surface area contributed by atoms with Gasteiger partial charge in [-0.2, -0.15) is 0 Å². The number of benzene rings is 1. The first kappa shape index (κ1) is 14.8. The average molecular weight is 286 g/mol. The standard InChI is InChI=1S/C16H18N2O3/c1-2-20-14-5-3-4-13(17)15(14)16(19)21-11-8-12-6-9-18-10-7-12/h3-7,9-10H,2,8,11,17H2,1H3. The number of pyridine rings is 1. The lowest BCUT2D eigenvalue weighted by molar-refractivity contribution is 0.0506. The summed E-state index contributed by atoms with van der Waals surface area (Å²) in [6, 6.07) is 8.88. The van der Waals surface area contributed by atoms with Crippen molar-refractivity contribution in [3.8, 4) is 5.75 Å². The molecular formula is C16H18N2O3. The Morgan fingerprint density at radius 3 is 2.71 bits per heavy atom. The van der Waals surface area contributed by atoms with Gasteiger partial charge in [0.2, 0.25) is 0 Å². The van der Waals surface area contributed by atoms with Crippen molar-refractivity contribution in [2.24, 2.45) is 0 Å². The first-order chi connectivity index (χ1) is 10.2. The van der Waals surface area contributed by atoms with E-state index in [9.17, 15) is 4.79 Å². The minimum absolute atomic E-state index is 0.281. The molecule has 0 saturated heterocycles. The van der Waals surface area contributed by atoms with Crippen LogP contribution in [0, 0.1) is 0 Å². The summed E-state index contributed by atoms with van der Waals surface area (Å²) < 4.78 is 10.7. The smallest absolute Gasteiger partial charge is 0.344 e. The summed E-state index contributed by atoms with van der Waals surface area (Å²) in [7, 11) is 0. The van der Waals surface area contributed by atoms with E-state index in [1.54, 1.807) is 30.6 Å². The molecule has 2 N–H and O–H groups in total. The van der Waals surface area contributed by atoms with E-state index < -0.39 is 5.97 Å². The van der Waals surface area contributed by atoms with E-state index in [4.69, 9.17) is 15.2 Å². The molecule has 0 radical (unpaired) electrons. The van der Waals surface area contributed by atoms with Crippen molar-refractivity contribution >= 4 is 11.7 Å². The lowest BCUT2D eigenvalue weighted by atomic mass is 10.1. The van der Waals surface area contributed by atoms with E-state index >= 15 is 0 Å². The molecule has 1 aromatic heterocycles. The van der Waals surface area contributed by atoms with E-state index in [1.165, 1.54) is 0 Å². The number of rotatable bonds is 6. The number of aromatic nitrogens is 1. The minimum Gasteiger partial charge on any atom is -0.493 e. The third-order valence-corrected chi connectivity index (χ3v) is 2.94. The molecule has 0 saturated carbocycles. The molecule has 0 aliphatic carbocycles. The van der Waals surface area contributed by atoms with Gasteiger partial charge in [0.25, 0.3) is 0 Å². The van der Waals surface area contributed by atoms with E-state index in [1.807, 2.05) is 19.1 Å². The van der Waals surface area contributed by atoms with Crippen LogP contribution in [0.25, 0.3) is 0 Å². The molecule has 0 bridgehead atoms. The quantitative estimate of drug-likeness (QED) is 0.652. The Morgan fingerprint density at radius 1 is 1.24 bits per heavy atom. The number of nitrogens with zero attached hydrogens (tertiary/aromatic N) is 1. The molecule has 0 aliphatic rings. The van der Waals surface area contributed by atoms with Gasteiger partial charge in [-0.05, 0) is 36.8 Å². The summed E-state index contributed by atoms with van der Waals surface area (Å²) in [6.45, 7) is 2.59. The van der Waals surface area contributed by atoms with Crippen LogP contribution in [0.4, 0.5) is 5.69 Å². The molecule has 5 heteroatoms. The highest BCUT2D eigenvalue weighted by Gasteiger charge is 2.17. The van der Waals surface area contributed by atoms with Crippen molar-refractivity contribution in [2.45, 2.75) is 13.3 Å². The van der Waals surface area contributed by atoms with Gasteiger partial charge in [0, 0.05) is 24.5 Å². The summed E-state index contributed by atoms with van der Waals surface area (Å²) >= 11 is 0. The van der Waals surface area contributed by atoms with Crippen LogP contribution in [0.15, 0.2) is 42.7 Å². The molecule has 5 nitrogen and oxygen atoms in total. The fourth-order valence-electron chi connectivity index (χ4n) is 1.93. The summed E-state index contributed by atoms with van der Waals surface area (Å²) in [5.41, 5.74) is 7.55. The van der Waals surface area contributed by atoms with Crippen LogP contribution >= 0.6 is 0 Å². The van der Waals surface area contributed by atoms with Crippen LogP contribution in [-0.2, 0) is 11.2 Å². The van der Waals surface area contributed by atoms with Gasteiger partial charge >= 0.3 is 5.97 Å². The monoisotopic (exact) mass is 286 g/mol. The van der Waals surface area contributed by atoms with Gasteiger partial charge in [0.1, 0.15) is 11.3 Å². The minimum atomic E-state index is -0.467. The van der Waals surface area contributed by atoms with Crippen LogP contribution in [0.3, 0.4) is 0 Å². The first-order valence-corrected chi connectivity index (χ1v) is 6.79. The van der Waals surface area contributed by atoms with Gasteiger partial charge in [0.05, 0.1) is 13.2 Å². The third kappa shape index (κ3) is 3.95. The molecule has 2 aromatic rings. The van der Waals surface area contributed by atoms with Gasteiger partial charge in [-0.25, -0.2) is 4.79 Å². The summed E-state index contributed by atoms with van der Waals surface area (Å²) in [5, 5.41) is 0. The summed E-state index contributed by atoms with van der Waals surface area (Å²) in [6.07, 6.45) is 4.05. The number of hydrogen-bond acceptors (Lipinski definition) is 5. The Labute approximate surface area is 123 Å². The van der Waals surface area contributed by atoms with Crippen LogP contribution in [0.2, 0.25) is 0 Å². The van der Waals surface area contributed by atoms with Crippen molar-refractivity contribution < 1.29 is 14.3 Å². The van der Waals surface area contributed by atoms with Crippen molar-refractivity contribution in [1.82, 2.24) is 4.98 Å². The number of anilines is 1. The van der Waals surface area contributed by atoms with E-state index in [2.05, 4.69) is 4.98 Å². The van der Waals surface area contributed by atoms with E-state index in [0.29, 0.717) is 24.5 Å². The maximum atomic E-state index is 12.2. The molecule has 0 spiro atoms. The zero-order chi connectivity index (χ0) is 15.1. The maximum absolute atomic E-state index is 12.2. The predicted molar refractivity (Wildman–Crippen MR) is 80.2 cm³/mol. The van der Waals surface area contributed by atoms with Crippen molar-refractivity contribution in [3.05, 3.63) is 53.9 Å². The summed E-state index contributed by atoms with van der Waals surface area (Å²) in [4.78, 5) is 16.1. The van der Waals surface area contributed by atoms with Crippen molar-refractivity contribution in [2.75, 3.05) is 18.9 Å². The number of nitrogen functional groups attached to an aromatic ring is 1. The second-order valence-electron chi connectivity index (χ2n) is 4.39. The Kier molecular flexibility index (Phi) is 5.15. The van der Waals surface area contributed by atoms with Gasteiger partial charge in [-0.1, -0.05) is 6.07 Å². The average Bonchev–Trinajstić information content (AvgIpc) is 2.48. The number of carbonyl (C=O) groups is 1. The largest absolute Gasteiger partial charge is 0.493 e. The number of nitrogens with two attached hydrogens (primary N) is 1. The number of hydrogen-bond donors (Lipinski definition) is 1. The second kappa shape index (κ2) is 7.28. The second-order valence-corrected chi connectivity index (χ2v) is 4.39. The molecule has 0 atom stereocenters. The van der Waals surface area contributed by atoms with Gasteiger partial charge in [-0.15, -0.1) is 0 Å². The molecule has 110 valence electrons. The topological polar surface area (TPSA) is 74.4 Å². The number of ether oxygens (including phenoxy) is 2. The Morgan fingerprint density at radius 2 is 2.00 bits per heavy atom. The molecular weight excluding hydrogens is 268 g/mol.